The second kappa shape index (κ2) is 6.71. The summed E-state index contributed by atoms with van der Waals surface area (Å²) in [6.07, 6.45) is 0. The molecule has 0 heterocycles. The Labute approximate surface area is 122 Å². The highest BCUT2D eigenvalue weighted by Gasteiger charge is 2.08. The van der Waals surface area contributed by atoms with Gasteiger partial charge in [-0.1, -0.05) is 6.07 Å². The second-order valence-corrected chi connectivity index (χ2v) is 4.60. The molecule has 0 radical (unpaired) electrons. The standard InChI is InChI=1S/C15H17N3O3/c1-11-7-13(9-14(8-11)18(19)20)17-12-3-2-4-15(10-12)21-6-5-16/h2-4,7-10,17H,5-6,16H2,1H3. The zero-order valence-corrected chi connectivity index (χ0v) is 11.7. The highest BCUT2D eigenvalue weighted by molar-refractivity contribution is 5.64. The zero-order valence-electron chi connectivity index (χ0n) is 11.7. The highest BCUT2D eigenvalue weighted by Crippen LogP contribution is 2.25. The Morgan fingerprint density at radius 2 is 2.05 bits per heavy atom. The summed E-state index contributed by atoms with van der Waals surface area (Å²) in [5.41, 5.74) is 7.74. The molecule has 0 saturated carbocycles. The van der Waals surface area contributed by atoms with Gasteiger partial charge in [0, 0.05) is 36.1 Å². The number of hydrogen-bond acceptors (Lipinski definition) is 5. The molecule has 0 aliphatic carbocycles. The SMILES string of the molecule is Cc1cc(Nc2cccc(OCCN)c2)cc([N+](=O)[O-])c1. The van der Waals surface area contributed by atoms with E-state index in [4.69, 9.17) is 10.5 Å². The van der Waals surface area contributed by atoms with E-state index in [1.54, 1.807) is 0 Å². The average Bonchev–Trinajstić information content (AvgIpc) is 2.45. The lowest BCUT2D eigenvalue weighted by Gasteiger charge is -2.10. The average molecular weight is 287 g/mol. The molecule has 0 amide bonds. The lowest BCUT2D eigenvalue weighted by atomic mass is 10.2. The highest BCUT2D eigenvalue weighted by atomic mass is 16.6. The first kappa shape index (κ1) is 14.8. The number of nitro benzene ring substituents is 1. The van der Waals surface area contributed by atoms with Crippen LogP contribution in [-0.4, -0.2) is 18.1 Å². The molecule has 0 bridgehead atoms. The van der Waals surface area contributed by atoms with Crippen molar-refractivity contribution in [1.82, 2.24) is 0 Å². The number of nitrogens with two attached hydrogens (primary N) is 1. The van der Waals surface area contributed by atoms with Crippen molar-refractivity contribution in [2.24, 2.45) is 5.73 Å². The first-order chi connectivity index (χ1) is 10.1. The van der Waals surface area contributed by atoms with Gasteiger partial charge in [0.2, 0.25) is 0 Å². The van der Waals surface area contributed by atoms with Crippen LogP contribution >= 0.6 is 0 Å². The van der Waals surface area contributed by atoms with E-state index in [-0.39, 0.29) is 5.69 Å². The van der Waals surface area contributed by atoms with Gasteiger partial charge < -0.3 is 15.8 Å². The van der Waals surface area contributed by atoms with Crippen LogP contribution in [0, 0.1) is 17.0 Å². The molecule has 3 N–H and O–H groups in total. The van der Waals surface area contributed by atoms with Crippen molar-refractivity contribution < 1.29 is 9.66 Å². The number of ether oxygens (including phenoxy) is 1. The first-order valence-electron chi connectivity index (χ1n) is 6.54. The number of aryl methyl sites for hydroxylation is 1. The van der Waals surface area contributed by atoms with E-state index in [1.807, 2.05) is 37.3 Å². The molecule has 0 saturated heterocycles. The normalized spacial score (nSPS) is 10.2. The van der Waals surface area contributed by atoms with E-state index in [1.165, 1.54) is 12.1 Å². The van der Waals surface area contributed by atoms with Crippen LogP contribution in [0.4, 0.5) is 17.1 Å². The van der Waals surface area contributed by atoms with Crippen molar-refractivity contribution in [1.29, 1.82) is 0 Å². The van der Waals surface area contributed by atoms with E-state index in [2.05, 4.69) is 5.32 Å². The predicted octanol–water partition coefficient (Wildman–Crippen LogP) is 2.98. The Hall–Kier alpha value is -2.60. The quantitative estimate of drug-likeness (QED) is 0.629. The van der Waals surface area contributed by atoms with E-state index < -0.39 is 4.92 Å². The van der Waals surface area contributed by atoms with Crippen LogP contribution < -0.4 is 15.8 Å². The summed E-state index contributed by atoms with van der Waals surface area (Å²) in [4.78, 5) is 10.5. The largest absolute Gasteiger partial charge is 0.492 e. The molecule has 2 aromatic rings. The van der Waals surface area contributed by atoms with Gasteiger partial charge in [-0.25, -0.2) is 0 Å². The predicted molar refractivity (Wildman–Crippen MR) is 82.1 cm³/mol. The third-order valence-corrected chi connectivity index (χ3v) is 2.78. The lowest BCUT2D eigenvalue weighted by molar-refractivity contribution is -0.384. The molecule has 0 atom stereocenters. The molecule has 21 heavy (non-hydrogen) atoms. The van der Waals surface area contributed by atoms with Crippen molar-refractivity contribution in [3.05, 3.63) is 58.1 Å². The van der Waals surface area contributed by atoms with Crippen LogP contribution in [0.3, 0.4) is 0 Å². The molecular weight excluding hydrogens is 270 g/mol. The Morgan fingerprint density at radius 3 is 2.76 bits per heavy atom. The molecule has 0 aromatic heterocycles. The summed E-state index contributed by atoms with van der Waals surface area (Å²) in [5, 5.41) is 14.0. The van der Waals surface area contributed by atoms with Crippen LogP contribution in [0.25, 0.3) is 0 Å². The number of non-ortho nitro benzene ring substituents is 1. The van der Waals surface area contributed by atoms with Crippen LogP contribution in [0.2, 0.25) is 0 Å². The molecule has 0 aliphatic rings. The molecule has 0 unspecified atom stereocenters. The minimum Gasteiger partial charge on any atom is -0.492 e. The van der Waals surface area contributed by atoms with Crippen molar-refractivity contribution in [2.45, 2.75) is 6.92 Å². The summed E-state index contributed by atoms with van der Waals surface area (Å²) in [6, 6.07) is 12.2. The van der Waals surface area contributed by atoms with Gasteiger partial charge in [-0.15, -0.1) is 0 Å². The molecule has 2 rings (SSSR count). The number of nitrogens with zero attached hydrogens (tertiary/aromatic N) is 1. The third kappa shape index (κ3) is 4.19. The van der Waals surface area contributed by atoms with E-state index in [0.29, 0.717) is 24.6 Å². The van der Waals surface area contributed by atoms with Gasteiger partial charge in [0.05, 0.1) is 4.92 Å². The van der Waals surface area contributed by atoms with Gasteiger partial charge in [0.25, 0.3) is 5.69 Å². The molecule has 2 aromatic carbocycles. The minimum absolute atomic E-state index is 0.0630. The van der Waals surface area contributed by atoms with Crippen LogP contribution in [0.1, 0.15) is 5.56 Å². The number of nitro groups is 1. The van der Waals surface area contributed by atoms with Crippen LogP contribution in [0.5, 0.6) is 5.75 Å². The molecular formula is C15H17N3O3. The fourth-order valence-corrected chi connectivity index (χ4v) is 1.95. The summed E-state index contributed by atoms with van der Waals surface area (Å²) < 4.78 is 5.45. The second-order valence-electron chi connectivity index (χ2n) is 4.60. The zero-order chi connectivity index (χ0) is 15.2. The van der Waals surface area contributed by atoms with Crippen molar-refractivity contribution in [2.75, 3.05) is 18.5 Å². The maximum Gasteiger partial charge on any atom is 0.271 e. The van der Waals surface area contributed by atoms with E-state index >= 15 is 0 Å². The molecule has 0 fully saturated rings. The lowest BCUT2D eigenvalue weighted by Crippen LogP contribution is -2.10. The Balaban J connectivity index is 2.19. The fraction of sp³-hybridized carbons (Fsp3) is 0.200. The van der Waals surface area contributed by atoms with Crippen LogP contribution in [0.15, 0.2) is 42.5 Å². The summed E-state index contributed by atoms with van der Waals surface area (Å²) in [7, 11) is 0. The Kier molecular flexibility index (Phi) is 4.73. The molecule has 6 heteroatoms. The summed E-state index contributed by atoms with van der Waals surface area (Å²) >= 11 is 0. The number of anilines is 2. The maximum atomic E-state index is 10.9. The number of benzene rings is 2. The Bertz CT molecular complexity index is 644. The van der Waals surface area contributed by atoms with Gasteiger partial charge in [-0.3, -0.25) is 10.1 Å². The van der Waals surface area contributed by atoms with E-state index in [9.17, 15) is 10.1 Å². The maximum absolute atomic E-state index is 10.9. The summed E-state index contributed by atoms with van der Waals surface area (Å²) in [6.45, 7) is 2.71. The van der Waals surface area contributed by atoms with Gasteiger partial charge in [-0.05, 0) is 30.7 Å². The van der Waals surface area contributed by atoms with Gasteiger partial charge in [-0.2, -0.15) is 0 Å². The first-order valence-corrected chi connectivity index (χ1v) is 6.54. The number of hydrogen-bond donors (Lipinski definition) is 2. The van der Waals surface area contributed by atoms with Gasteiger partial charge >= 0.3 is 0 Å². The monoisotopic (exact) mass is 287 g/mol. The van der Waals surface area contributed by atoms with E-state index in [0.717, 1.165) is 11.3 Å². The van der Waals surface area contributed by atoms with Gasteiger partial charge in [0.15, 0.2) is 0 Å². The smallest absolute Gasteiger partial charge is 0.271 e. The third-order valence-electron chi connectivity index (χ3n) is 2.78. The number of rotatable bonds is 6. The molecule has 6 nitrogen and oxygen atoms in total. The van der Waals surface area contributed by atoms with Crippen LogP contribution in [-0.2, 0) is 0 Å². The molecule has 0 spiro atoms. The topological polar surface area (TPSA) is 90.4 Å². The summed E-state index contributed by atoms with van der Waals surface area (Å²) in [5.74, 6) is 0.701. The molecule has 110 valence electrons. The van der Waals surface area contributed by atoms with Crippen molar-refractivity contribution in [3.63, 3.8) is 0 Å². The fourth-order valence-electron chi connectivity index (χ4n) is 1.95. The van der Waals surface area contributed by atoms with Gasteiger partial charge in [0.1, 0.15) is 12.4 Å². The number of nitrogens with one attached hydrogen (secondary N) is 1. The minimum atomic E-state index is -0.404. The Morgan fingerprint density at radius 1 is 1.24 bits per heavy atom. The van der Waals surface area contributed by atoms with Crippen molar-refractivity contribution in [3.8, 4) is 5.75 Å². The molecule has 0 aliphatic heterocycles. The van der Waals surface area contributed by atoms with Crippen molar-refractivity contribution >= 4 is 17.1 Å².